The van der Waals surface area contributed by atoms with Crippen LogP contribution in [-0.2, 0) is 12.0 Å². The van der Waals surface area contributed by atoms with Crippen LogP contribution in [0.3, 0.4) is 0 Å². The van der Waals surface area contributed by atoms with Crippen LogP contribution in [0.15, 0.2) is 48.5 Å². The fourth-order valence-corrected chi connectivity index (χ4v) is 3.87. The third-order valence-electron chi connectivity index (χ3n) is 5.65. The Labute approximate surface area is 171 Å². The van der Waals surface area contributed by atoms with E-state index in [0.717, 1.165) is 17.9 Å². The molecule has 28 heavy (non-hydrogen) atoms. The third-order valence-corrected chi connectivity index (χ3v) is 5.65. The molecule has 3 rings (SSSR count). The van der Waals surface area contributed by atoms with E-state index in [4.69, 9.17) is 4.98 Å². The number of imidazole rings is 1. The highest BCUT2D eigenvalue weighted by atomic mass is 15.1. The third kappa shape index (κ3) is 5.04. The van der Waals surface area contributed by atoms with Crippen molar-refractivity contribution >= 4 is 11.0 Å². The van der Waals surface area contributed by atoms with Crippen molar-refractivity contribution in [1.82, 2.24) is 9.55 Å². The zero-order valence-electron chi connectivity index (χ0n) is 18.2. The van der Waals surface area contributed by atoms with Gasteiger partial charge in [-0.25, -0.2) is 4.98 Å². The number of rotatable bonds is 9. The molecule has 2 nitrogen and oxygen atoms in total. The molecule has 0 saturated carbocycles. The van der Waals surface area contributed by atoms with Crippen molar-refractivity contribution in [1.29, 1.82) is 0 Å². The van der Waals surface area contributed by atoms with Gasteiger partial charge < -0.3 is 4.57 Å². The fourth-order valence-electron chi connectivity index (χ4n) is 3.87. The number of unbranched alkanes of at least 4 members (excludes halogenated alkanes) is 6. The molecular weight excluding hydrogens is 340 g/mol. The molecule has 0 aliphatic rings. The Kier molecular flexibility index (Phi) is 6.93. The maximum Gasteiger partial charge on any atom is 0.141 e. The number of hydrogen-bond acceptors (Lipinski definition) is 1. The predicted molar refractivity (Wildman–Crippen MR) is 122 cm³/mol. The minimum atomic E-state index is 0.177. The van der Waals surface area contributed by atoms with E-state index >= 15 is 0 Å². The lowest BCUT2D eigenvalue weighted by Crippen LogP contribution is -2.10. The van der Waals surface area contributed by atoms with E-state index in [-0.39, 0.29) is 5.41 Å². The van der Waals surface area contributed by atoms with Crippen molar-refractivity contribution in [2.75, 3.05) is 0 Å². The van der Waals surface area contributed by atoms with E-state index in [0.29, 0.717) is 0 Å². The van der Waals surface area contributed by atoms with E-state index in [2.05, 4.69) is 80.8 Å². The van der Waals surface area contributed by atoms with Crippen LogP contribution in [0, 0.1) is 0 Å². The quantitative estimate of drug-likeness (QED) is 0.349. The molecule has 2 heteroatoms. The standard InChI is InChI=1S/C26H36N2/c1-5-6-7-8-9-10-13-20-28-24-15-12-11-14-23(24)27-25(28)21-16-18-22(19-17-21)26(2,3)4/h11-12,14-19H,5-10,13,20H2,1-4H3. The molecule has 1 heterocycles. The second-order valence-electron chi connectivity index (χ2n) is 9.02. The van der Waals surface area contributed by atoms with Gasteiger partial charge in [0.2, 0.25) is 0 Å². The molecule has 2 aromatic carbocycles. The highest BCUT2D eigenvalue weighted by molar-refractivity contribution is 5.80. The largest absolute Gasteiger partial charge is 0.324 e. The van der Waals surface area contributed by atoms with Crippen LogP contribution in [-0.4, -0.2) is 9.55 Å². The lowest BCUT2D eigenvalue weighted by atomic mass is 9.87. The first kappa shape index (κ1) is 20.6. The summed E-state index contributed by atoms with van der Waals surface area (Å²) in [4.78, 5) is 4.98. The van der Waals surface area contributed by atoms with E-state index in [1.807, 2.05) is 0 Å². The van der Waals surface area contributed by atoms with E-state index < -0.39 is 0 Å². The van der Waals surface area contributed by atoms with E-state index in [9.17, 15) is 0 Å². The average Bonchev–Trinajstić information content (AvgIpc) is 3.05. The molecule has 0 amide bonds. The number of benzene rings is 2. The molecule has 0 radical (unpaired) electrons. The number of hydrogen-bond donors (Lipinski definition) is 0. The van der Waals surface area contributed by atoms with Gasteiger partial charge in [-0.3, -0.25) is 0 Å². The van der Waals surface area contributed by atoms with Crippen LogP contribution < -0.4 is 0 Å². The summed E-state index contributed by atoms with van der Waals surface area (Å²) in [6.07, 6.45) is 9.33. The Morgan fingerprint density at radius 2 is 1.43 bits per heavy atom. The molecule has 0 atom stereocenters. The maximum absolute atomic E-state index is 4.98. The number of aromatic nitrogens is 2. The SMILES string of the molecule is CCCCCCCCCn1c(-c2ccc(C(C)(C)C)cc2)nc2ccccc21. The van der Waals surface area contributed by atoms with Gasteiger partial charge in [-0.2, -0.15) is 0 Å². The van der Waals surface area contributed by atoms with Crippen molar-refractivity contribution < 1.29 is 0 Å². The Balaban J connectivity index is 1.77. The van der Waals surface area contributed by atoms with Gasteiger partial charge in [-0.1, -0.05) is 103 Å². The van der Waals surface area contributed by atoms with Gasteiger partial charge in [-0.15, -0.1) is 0 Å². The Bertz CT molecular complexity index is 866. The summed E-state index contributed by atoms with van der Waals surface area (Å²) in [5.41, 5.74) is 5.11. The lowest BCUT2D eigenvalue weighted by molar-refractivity contribution is 0.557. The van der Waals surface area contributed by atoms with Crippen LogP contribution in [0.2, 0.25) is 0 Å². The summed E-state index contributed by atoms with van der Waals surface area (Å²) >= 11 is 0. The van der Waals surface area contributed by atoms with Crippen LogP contribution in [0.5, 0.6) is 0 Å². The molecular formula is C26H36N2. The van der Waals surface area contributed by atoms with Crippen molar-refractivity contribution in [3.63, 3.8) is 0 Å². The van der Waals surface area contributed by atoms with Crippen molar-refractivity contribution in [3.05, 3.63) is 54.1 Å². The van der Waals surface area contributed by atoms with Crippen molar-refractivity contribution in [2.24, 2.45) is 0 Å². The maximum atomic E-state index is 4.98. The summed E-state index contributed by atoms with van der Waals surface area (Å²) in [6.45, 7) is 10.1. The van der Waals surface area contributed by atoms with Gasteiger partial charge in [0.1, 0.15) is 5.82 Å². The molecule has 0 bridgehead atoms. The zero-order chi connectivity index (χ0) is 20.0. The first-order valence-electron chi connectivity index (χ1n) is 11.1. The molecule has 3 aromatic rings. The molecule has 0 N–H and O–H groups in total. The second kappa shape index (κ2) is 9.41. The molecule has 150 valence electrons. The predicted octanol–water partition coefficient (Wildman–Crippen LogP) is 7.75. The monoisotopic (exact) mass is 376 g/mol. The van der Waals surface area contributed by atoms with Gasteiger partial charge in [0.05, 0.1) is 11.0 Å². The second-order valence-corrected chi connectivity index (χ2v) is 9.02. The van der Waals surface area contributed by atoms with Gasteiger partial charge in [0.15, 0.2) is 0 Å². The van der Waals surface area contributed by atoms with Crippen LogP contribution in [0.4, 0.5) is 0 Å². The topological polar surface area (TPSA) is 17.8 Å². The summed E-state index contributed by atoms with van der Waals surface area (Å²) in [5.74, 6) is 1.10. The summed E-state index contributed by atoms with van der Waals surface area (Å²) < 4.78 is 2.42. The van der Waals surface area contributed by atoms with Crippen LogP contribution in [0.25, 0.3) is 22.4 Å². The van der Waals surface area contributed by atoms with Crippen molar-refractivity contribution in [3.8, 4) is 11.4 Å². The molecule has 0 spiro atoms. The van der Waals surface area contributed by atoms with Gasteiger partial charge in [0.25, 0.3) is 0 Å². The molecule has 0 aliphatic heterocycles. The lowest BCUT2D eigenvalue weighted by Gasteiger charge is -2.19. The van der Waals surface area contributed by atoms with Crippen molar-refractivity contribution in [2.45, 2.75) is 84.6 Å². The Morgan fingerprint density at radius 3 is 2.11 bits per heavy atom. The molecule has 1 aromatic heterocycles. The molecule has 0 saturated heterocycles. The first-order valence-corrected chi connectivity index (χ1v) is 11.1. The number of aryl methyl sites for hydroxylation is 1. The van der Waals surface area contributed by atoms with Crippen LogP contribution >= 0.6 is 0 Å². The Hall–Kier alpha value is -2.09. The first-order chi connectivity index (χ1) is 13.5. The minimum absolute atomic E-state index is 0.177. The summed E-state index contributed by atoms with van der Waals surface area (Å²) in [7, 11) is 0. The highest BCUT2D eigenvalue weighted by Crippen LogP contribution is 2.28. The van der Waals surface area contributed by atoms with E-state index in [1.54, 1.807) is 0 Å². The van der Waals surface area contributed by atoms with Gasteiger partial charge in [-0.05, 0) is 29.5 Å². The molecule has 0 fully saturated rings. The normalized spacial score (nSPS) is 12.0. The Morgan fingerprint density at radius 1 is 0.786 bits per heavy atom. The fraction of sp³-hybridized carbons (Fsp3) is 0.500. The molecule has 0 aliphatic carbocycles. The molecule has 0 unspecified atom stereocenters. The summed E-state index contributed by atoms with van der Waals surface area (Å²) in [5, 5.41) is 0. The van der Waals surface area contributed by atoms with Gasteiger partial charge >= 0.3 is 0 Å². The smallest absolute Gasteiger partial charge is 0.141 e. The number of para-hydroxylation sites is 2. The van der Waals surface area contributed by atoms with Gasteiger partial charge in [0, 0.05) is 12.1 Å². The number of nitrogens with zero attached hydrogens (tertiary/aromatic N) is 2. The van der Waals surface area contributed by atoms with Crippen LogP contribution in [0.1, 0.15) is 78.2 Å². The minimum Gasteiger partial charge on any atom is -0.324 e. The highest BCUT2D eigenvalue weighted by Gasteiger charge is 2.16. The zero-order valence-corrected chi connectivity index (χ0v) is 18.2. The average molecular weight is 377 g/mol. The summed E-state index contributed by atoms with van der Waals surface area (Å²) in [6, 6.07) is 17.5. The number of fused-ring (bicyclic) bond motifs is 1. The van der Waals surface area contributed by atoms with E-state index in [1.165, 1.54) is 61.6 Å².